The Labute approximate surface area is 158 Å². The van der Waals surface area contributed by atoms with Gasteiger partial charge in [0.1, 0.15) is 5.65 Å². The number of nitrogens with one attached hydrogen (secondary N) is 2. The minimum absolute atomic E-state index is 0.0908. The second kappa shape index (κ2) is 7.61. The summed E-state index contributed by atoms with van der Waals surface area (Å²) in [6, 6.07) is 12.8. The Hall–Kier alpha value is -3.15. The number of hydrogen-bond donors (Lipinski definition) is 2. The summed E-state index contributed by atoms with van der Waals surface area (Å²) >= 11 is 0. The second-order valence-electron chi connectivity index (χ2n) is 7.49. The Kier molecular flexibility index (Phi) is 5.26. The summed E-state index contributed by atoms with van der Waals surface area (Å²) in [5, 5.41) is 5.74. The van der Waals surface area contributed by atoms with E-state index in [1.54, 1.807) is 24.3 Å². The highest BCUT2D eigenvalue weighted by atomic mass is 16.2. The number of hydrogen-bond acceptors (Lipinski definition) is 3. The van der Waals surface area contributed by atoms with Crippen LogP contribution in [0.4, 0.5) is 5.69 Å². The number of imidazole rings is 1. The lowest BCUT2D eigenvalue weighted by Gasteiger charge is -2.18. The van der Waals surface area contributed by atoms with Crippen LogP contribution in [0.25, 0.3) is 5.65 Å². The van der Waals surface area contributed by atoms with E-state index >= 15 is 0 Å². The maximum Gasteiger partial charge on any atom is 0.251 e. The molecule has 0 radical (unpaired) electrons. The molecule has 3 rings (SSSR count). The van der Waals surface area contributed by atoms with Crippen LogP contribution in [0.2, 0.25) is 0 Å². The molecular formula is C21H24N4O2. The van der Waals surface area contributed by atoms with Crippen LogP contribution in [-0.4, -0.2) is 27.7 Å². The molecule has 2 heterocycles. The van der Waals surface area contributed by atoms with Gasteiger partial charge < -0.3 is 15.0 Å². The molecule has 2 aromatic heterocycles. The second-order valence-corrected chi connectivity index (χ2v) is 7.49. The van der Waals surface area contributed by atoms with E-state index in [1.807, 2.05) is 55.8 Å². The molecule has 6 heteroatoms. The number of anilines is 1. The molecule has 0 spiro atoms. The summed E-state index contributed by atoms with van der Waals surface area (Å²) in [7, 11) is 0. The van der Waals surface area contributed by atoms with Gasteiger partial charge >= 0.3 is 0 Å². The first kappa shape index (κ1) is 18.6. The Bertz CT molecular complexity index is 936. The lowest BCUT2D eigenvalue weighted by Crippen LogP contribution is -2.28. The number of fused-ring (bicyclic) bond motifs is 1. The molecule has 140 valence electrons. The Morgan fingerprint density at radius 2 is 1.93 bits per heavy atom. The van der Waals surface area contributed by atoms with Gasteiger partial charge in [-0.05, 0) is 30.3 Å². The third-order valence-corrected chi connectivity index (χ3v) is 4.14. The Morgan fingerprint density at radius 3 is 2.67 bits per heavy atom. The third kappa shape index (κ3) is 4.73. The van der Waals surface area contributed by atoms with Crippen molar-refractivity contribution < 1.29 is 9.59 Å². The number of benzene rings is 1. The average molecular weight is 364 g/mol. The lowest BCUT2D eigenvalue weighted by molar-refractivity contribution is -0.123. The molecule has 0 saturated carbocycles. The first-order valence-electron chi connectivity index (χ1n) is 8.95. The zero-order valence-corrected chi connectivity index (χ0v) is 15.8. The van der Waals surface area contributed by atoms with Crippen molar-refractivity contribution in [1.82, 2.24) is 14.7 Å². The smallest absolute Gasteiger partial charge is 0.251 e. The van der Waals surface area contributed by atoms with Crippen molar-refractivity contribution in [2.75, 3.05) is 11.9 Å². The van der Waals surface area contributed by atoms with E-state index in [4.69, 9.17) is 0 Å². The van der Waals surface area contributed by atoms with Gasteiger partial charge in [0.25, 0.3) is 5.91 Å². The summed E-state index contributed by atoms with van der Waals surface area (Å²) in [5.41, 5.74) is 2.44. The number of amides is 2. The molecular weight excluding hydrogens is 340 g/mol. The summed E-state index contributed by atoms with van der Waals surface area (Å²) in [4.78, 5) is 29.0. The molecule has 6 nitrogen and oxygen atoms in total. The maximum absolute atomic E-state index is 12.4. The highest BCUT2D eigenvalue weighted by Gasteiger charge is 2.21. The van der Waals surface area contributed by atoms with Gasteiger partial charge in [-0.25, -0.2) is 4.98 Å². The van der Waals surface area contributed by atoms with Crippen molar-refractivity contribution >= 4 is 23.1 Å². The molecule has 2 N–H and O–H groups in total. The molecule has 0 aliphatic carbocycles. The van der Waals surface area contributed by atoms with Crippen molar-refractivity contribution in [2.24, 2.45) is 5.41 Å². The van der Waals surface area contributed by atoms with Crippen LogP contribution in [0.15, 0.2) is 54.9 Å². The van der Waals surface area contributed by atoms with Crippen molar-refractivity contribution in [2.45, 2.75) is 27.2 Å². The molecule has 0 saturated heterocycles. The number of carbonyl (C=O) groups is 2. The molecule has 0 bridgehead atoms. The van der Waals surface area contributed by atoms with Gasteiger partial charge in [0.2, 0.25) is 5.91 Å². The summed E-state index contributed by atoms with van der Waals surface area (Å²) in [6.07, 6.45) is 4.56. The van der Waals surface area contributed by atoms with Crippen LogP contribution < -0.4 is 10.6 Å². The van der Waals surface area contributed by atoms with Gasteiger partial charge in [0.15, 0.2) is 0 Å². The molecule has 0 atom stereocenters. The van der Waals surface area contributed by atoms with Gasteiger partial charge in [-0.15, -0.1) is 0 Å². The first-order chi connectivity index (χ1) is 12.8. The topological polar surface area (TPSA) is 75.5 Å². The molecule has 2 amide bonds. The van der Waals surface area contributed by atoms with Crippen molar-refractivity contribution in [3.8, 4) is 0 Å². The van der Waals surface area contributed by atoms with Crippen LogP contribution in [0.5, 0.6) is 0 Å². The number of aromatic nitrogens is 2. The molecule has 0 fully saturated rings. The molecule has 0 aliphatic heterocycles. The predicted molar refractivity (Wildman–Crippen MR) is 106 cm³/mol. The standard InChI is InChI=1S/C21H24N4O2/c1-21(2,3)20(27)24-16-8-6-7-15(13-16)19(26)22-11-10-17-14-25-12-5-4-9-18(25)23-17/h4-9,12-14H,10-11H2,1-3H3,(H,22,26)(H,24,27). The highest BCUT2D eigenvalue weighted by Crippen LogP contribution is 2.18. The van der Waals surface area contributed by atoms with Gasteiger partial charge in [0.05, 0.1) is 5.69 Å². The van der Waals surface area contributed by atoms with E-state index in [9.17, 15) is 9.59 Å². The van der Waals surface area contributed by atoms with Gasteiger partial charge in [0, 0.05) is 42.0 Å². The minimum atomic E-state index is -0.494. The zero-order chi connectivity index (χ0) is 19.4. The fourth-order valence-electron chi connectivity index (χ4n) is 2.57. The molecule has 0 unspecified atom stereocenters. The van der Waals surface area contributed by atoms with Crippen molar-refractivity contribution in [3.05, 3.63) is 66.1 Å². The largest absolute Gasteiger partial charge is 0.352 e. The van der Waals surface area contributed by atoms with E-state index in [-0.39, 0.29) is 11.8 Å². The summed E-state index contributed by atoms with van der Waals surface area (Å²) in [6.45, 7) is 6.02. The van der Waals surface area contributed by atoms with Crippen LogP contribution in [-0.2, 0) is 11.2 Å². The highest BCUT2D eigenvalue weighted by molar-refractivity contribution is 5.98. The van der Waals surface area contributed by atoms with E-state index in [0.29, 0.717) is 24.2 Å². The van der Waals surface area contributed by atoms with Crippen LogP contribution in [0.1, 0.15) is 36.8 Å². The number of nitrogens with zero attached hydrogens (tertiary/aromatic N) is 2. The van der Waals surface area contributed by atoms with Gasteiger partial charge in [-0.2, -0.15) is 0 Å². The average Bonchev–Trinajstić information content (AvgIpc) is 3.03. The molecule has 27 heavy (non-hydrogen) atoms. The third-order valence-electron chi connectivity index (χ3n) is 4.14. The van der Waals surface area contributed by atoms with Crippen LogP contribution >= 0.6 is 0 Å². The van der Waals surface area contributed by atoms with Gasteiger partial charge in [-0.3, -0.25) is 9.59 Å². The normalized spacial score (nSPS) is 11.4. The molecule has 0 aliphatic rings. The van der Waals surface area contributed by atoms with E-state index in [1.165, 1.54) is 0 Å². The van der Waals surface area contributed by atoms with Crippen molar-refractivity contribution in [1.29, 1.82) is 0 Å². The zero-order valence-electron chi connectivity index (χ0n) is 15.8. The number of rotatable bonds is 5. The van der Waals surface area contributed by atoms with Crippen LogP contribution in [0.3, 0.4) is 0 Å². The SMILES string of the molecule is CC(C)(C)C(=O)Nc1cccc(C(=O)NCCc2cn3ccccc3n2)c1. The maximum atomic E-state index is 12.4. The lowest BCUT2D eigenvalue weighted by atomic mass is 9.95. The Balaban J connectivity index is 1.57. The predicted octanol–water partition coefficient (Wildman–Crippen LogP) is 3.29. The quantitative estimate of drug-likeness (QED) is 0.729. The van der Waals surface area contributed by atoms with Gasteiger partial charge in [-0.1, -0.05) is 32.9 Å². The monoisotopic (exact) mass is 364 g/mol. The number of carbonyl (C=O) groups excluding carboxylic acids is 2. The molecule has 1 aromatic carbocycles. The minimum Gasteiger partial charge on any atom is -0.352 e. The Morgan fingerprint density at radius 1 is 1.11 bits per heavy atom. The summed E-state index contributed by atoms with van der Waals surface area (Å²) < 4.78 is 1.96. The molecule has 3 aromatic rings. The van der Waals surface area contributed by atoms with E-state index in [0.717, 1.165) is 11.3 Å². The van der Waals surface area contributed by atoms with E-state index < -0.39 is 5.41 Å². The number of pyridine rings is 1. The van der Waals surface area contributed by atoms with Crippen LogP contribution in [0, 0.1) is 5.41 Å². The van der Waals surface area contributed by atoms with E-state index in [2.05, 4.69) is 15.6 Å². The first-order valence-corrected chi connectivity index (χ1v) is 8.95. The van der Waals surface area contributed by atoms with Crippen molar-refractivity contribution in [3.63, 3.8) is 0 Å². The fourth-order valence-corrected chi connectivity index (χ4v) is 2.57. The summed E-state index contributed by atoms with van der Waals surface area (Å²) in [5.74, 6) is -0.266. The fraction of sp³-hybridized carbons (Fsp3) is 0.286.